The highest BCUT2D eigenvalue weighted by Gasteiger charge is 2.38. The molecule has 0 unspecified atom stereocenters. The van der Waals surface area contributed by atoms with E-state index >= 15 is 0 Å². The van der Waals surface area contributed by atoms with E-state index in [9.17, 15) is 9.90 Å². The number of aromatic carboxylic acids is 1. The average Bonchev–Trinajstić information content (AvgIpc) is 3.46. The summed E-state index contributed by atoms with van der Waals surface area (Å²) in [6.45, 7) is 2.74. The molecule has 1 saturated carbocycles. The third kappa shape index (κ3) is 3.38. The first-order chi connectivity index (χ1) is 15.0. The number of aromatic nitrogens is 1. The maximum Gasteiger partial charge on any atom is 0.353 e. The molecule has 1 aromatic heterocycles. The fourth-order valence-electron chi connectivity index (χ4n) is 4.45. The molecule has 1 aliphatic rings. The average molecular weight is 412 g/mol. The maximum atomic E-state index is 12.5. The molecule has 1 N–H and O–H groups in total. The van der Waals surface area contributed by atoms with Gasteiger partial charge in [0.2, 0.25) is 0 Å². The number of para-hydroxylation sites is 1. The summed E-state index contributed by atoms with van der Waals surface area (Å²) < 4.78 is 7.25. The largest absolute Gasteiger partial charge is 0.497 e. The number of benzene rings is 3. The molecule has 0 amide bonds. The molecule has 4 heteroatoms. The highest BCUT2D eigenvalue weighted by Crippen LogP contribution is 2.48. The van der Waals surface area contributed by atoms with E-state index in [-0.39, 0.29) is 5.41 Å². The Labute approximate surface area is 181 Å². The van der Waals surface area contributed by atoms with Gasteiger partial charge in [0.25, 0.3) is 0 Å². The van der Waals surface area contributed by atoms with Crippen molar-refractivity contribution in [1.82, 2.24) is 4.57 Å². The predicted octanol–water partition coefficient (Wildman–Crippen LogP) is 6.11. The molecule has 5 rings (SSSR count). The first kappa shape index (κ1) is 19.4. The zero-order valence-corrected chi connectivity index (χ0v) is 17.8. The van der Waals surface area contributed by atoms with Crippen LogP contribution in [-0.2, 0) is 12.0 Å². The molecule has 4 aromatic rings. The Bertz CT molecular complexity index is 1280. The molecule has 1 fully saturated rings. The molecule has 0 aliphatic heterocycles. The molecule has 1 aliphatic carbocycles. The van der Waals surface area contributed by atoms with Crippen LogP contribution in [0, 0.1) is 0 Å². The predicted molar refractivity (Wildman–Crippen MR) is 123 cm³/mol. The zero-order valence-electron chi connectivity index (χ0n) is 17.8. The smallest absolute Gasteiger partial charge is 0.353 e. The number of methoxy groups -OCH3 is 1. The maximum absolute atomic E-state index is 12.5. The molecule has 0 radical (unpaired) electrons. The summed E-state index contributed by atoms with van der Waals surface area (Å²) in [5.74, 6) is -0.164. The lowest BCUT2D eigenvalue weighted by molar-refractivity contribution is 0.0687. The first-order valence-electron chi connectivity index (χ1n) is 10.6. The van der Waals surface area contributed by atoms with Crippen LogP contribution in [0.1, 0.15) is 41.4 Å². The molecule has 31 heavy (non-hydrogen) atoms. The number of nitrogens with zero attached hydrogens (tertiary/aromatic N) is 1. The molecular weight excluding hydrogens is 386 g/mol. The monoisotopic (exact) mass is 411 g/mol. The molecule has 156 valence electrons. The summed E-state index contributed by atoms with van der Waals surface area (Å²) in [6, 6.07) is 24.1. The van der Waals surface area contributed by atoms with Crippen LogP contribution in [0.4, 0.5) is 0 Å². The lowest BCUT2D eigenvalue weighted by Crippen LogP contribution is -2.10. The lowest BCUT2D eigenvalue weighted by atomic mass is 9.94. The van der Waals surface area contributed by atoms with E-state index in [0.717, 1.165) is 33.3 Å². The number of ether oxygens (including phenoxy) is 1. The fourth-order valence-corrected chi connectivity index (χ4v) is 4.45. The first-order valence-corrected chi connectivity index (χ1v) is 10.6. The second-order valence-electron chi connectivity index (χ2n) is 8.62. The third-order valence-electron chi connectivity index (χ3n) is 6.52. The van der Waals surface area contributed by atoms with Crippen molar-refractivity contribution < 1.29 is 14.6 Å². The Morgan fingerprint density at radius 1 is 1.03 bits per heavy atom. The van der Waals surface area contributed by atoms with Gasteiger partial charge in [-0.05, 0) is 53.1 Å². The highest BCUT2D eigenvalue weighted by atomic mass is 16.5. The second-order valence-corrected chi connectivity index (χ2v) is 8.62. The summed E-state index contributed by atoms with van der Waals surface area (Å²) in [5.41, 5.74) is 5.54. The quantitative estimate of drug-likeness (QED) is 0.416. The van der Waals surface area contributed by atoms with Gasteiger partial charge < -0.3 is 14.4 Å². The Morgan fingerprint density at radius 2 is 1.77 bits per heavy atom. The Kier molecular flexibility index (Phi) is 4.58. The van der Waals surface area contributed by atoms with Crippen molar-refractivity contribution in [1.29, 1.82) is 0 Å². The van der Waals surface area contributed by atoms with Crippen molar-refractivity contribution >= 4 is 16.9 Å². The van der Waals surface area contributed by atoms with Crippen LogP contribution < -0.4 is 4.74 Å². The summed E-state index contributed by atoms with van der Waals surface area (Å²) in [5, 5.41) is 11.2. The van der Waals surface area contributed by atoms with E-state index < -0.39 is 5.97 Å². The summed E-state index contributed by atoms with van der Waals surface area (Å²) in [6.07, 6.45) is 2.43. The number of carboxylic acid groups (broad SMARTS) is 1. The van der Waals surface area contributed by atoms with E-state index in [1.807, 2.05) is 53.1 Å². The highest BCUT2D eigenvalue weighted by molar-refractivity contribution is 6.08. The van der Waals surface area contributed by atoms with Gasteiger partial charge in [0.15, 0.2) is 0 Å². The van der Waals surface area contributed by atoms with E-state index in [2.05, 4.69) is 31.2 Å². The lowest BCUT2D eigenvalue weighted by Gasteiger charge is -2.12. The number of fused-ring (bicyclic) bond motifs is 1. The van der Waals surface area contributed by atoms with Crippen LogP contribution >= 0.6 is 0 Å². The molecule has 3 aromatic carbocycles. The van der Waals surface area contributed by atoms with Gasteiger partial charge in [-0.3, -0.25) is 0 Å². The van der Waals surface area contributed by atoms with Crippen molar-refractivity contribution in [2.45, 2.75) is 31.7 Å². The summed E-state index contributed by atoms with van der Waals surface area (Å²) in [7, 11) is 1.64. The Hall–Kier alpha value is -3.53. The molecule has 4 nitrogen and oxygen atoms in total. The van der Waals surface area contributed by atoms with E-state index in [1.54, 1.807) is 7.11 Å². The van der Waals surface area contributed by atoms with Gasteiger partial charge in [-0.25, -0.2) is 4.79 Å². The van der Waals surface area contributed by atoms with Crippen LogP contribution in [0.5, 0.6) is 5.75 Å². The van der Waals surface area contributed by atoms with Gasteiger partial charge in [0.1, 0.15) is 11.4 Å². The van der Waals surface area contributed by atoms with Crippen LogP contribution in [-0.4, -0.2) is 22.8 Å². The summed E-state index contributed by atoms with van der Waals surface area (Å²) in [4.78, 5) is 12.5. The Morgan fingerprint density at radius 3 is 2.45 bits per heavy atom. The molecule has 1 heterocycles. The third-order valence-corrected chi connectivity index (χ3v) is 6.52. The normalized spacial score (nSPS) is 14.5. The van der Waals surface area contributed by atoms with Gasteiger partial charge in [0, 0.05) is 23.0 Å². The Balaban J connectivity index is 1.68. The standard InChI is InChI=1S/C27H25NO3/c1-27(14-15-27)20-12-10-19(11-13-20)24-22-8-3-4-9-23(22)28(25(24)26(29)30)17-18-6-5-7-21(16-18)31-2/h3-13,16H,14-15,17H2,1-2H3,(H,29,30). The molecular formula is C27H25NO3. The number of carbonyl (C=O) groups is 1. The van der Waals surface area contributed by atoms with Gasteiger partial charge in [-0.15, -0.1) is 0 Å². The van der Waals surface area contributed by atoms with Gasteiger partial charge in [0.05, 0.1) is 7.11 Å². The number of hydrogen-bond acceptors (Lipinski definition) is 2. The van der Waals surface area contributed by atoms with Crippen molar-refractivity contribution in [2.24, 2.45) is 0 Å². The minimum Gasteiger partial charge on any atom is -0.497 e. The fraction of sp³-hybridized carbons (Fsp3) is 0.222. The van der Waals surface area contributed by atoms with Crippen LogP contribution in [0.2, 0.25) is 0 Å². The van der Waals surface area contributed by atoms with E-state index in [4.69, 9.17) is 4.74 Å². The molecule has 0 spiro atoms. The van der Waals surface area contributed by atoms with Crippen molar-refractivity contribution in [3.8, 4) is 16.9 Å². The second kappa shape index (κ2) is 7.31. The molecule has 0 saturated heterocycles. The molecule has 0 atom stereocenters. The number of hydrogen-bond donors (Lipinski definition) is 1. The topological polar surface area (TPSA) is 51.5 Å². The minimum absolute atomic E-state index is 0.286. The van der Waals surface area contributed by atoms with Crippen LogP contribution in [0.25, 0.3) is 22.0 Å². The van der Waals surface area contributed by atoms with E-state index in [0.29, 0.717) is 12.2 Å². The van der Waals surface area contributed by atoms with Crippen molar-refractivity contribution in [3.05, 3.63) is 89.6 Å². The minimum atomic E-state index is -0.924. The molecule has 0 bridgehead atoms. The van der Waals surface area contributed by atoms with Gasteiger partial charge >= 0.3 is 5.97 Å². The van der Waals surface area contributed by atoms with Crippen molar-refractivity contribution in [2.75, 3.05) is 7.11 Å². The number of carboxylic acids is 1. The zero-order chi connectivity index (χ0) is 21.6. The van der Waals surface area contributed by atoms with Crippen LogP contribution in [0.15, 0.2) is 72.8 Å². The SMILES string of the molecule is COc1cccc(Cn2c(C(=O)O)c(-c3ccc(C4(C)CC4)cc3)c3ccccc32)c1. The van der Waals surface area contributed by atoms with Gasteiger partial charge in [-0.2, -0.15) is 0 Å². The van der Waals surface area contributed by atoms with Crippen LogP contribution in [0.3, 0.4) is 0 Å². The summed E-state index contributed by atoms with van der Waals surface area (Å²) >= 11 is 0. The van der Waals surface area contributed by atoms with Gasteiger partial charge in [-0.1, -0.05) is 61.5 Å². The van der Waals surface area contributed by atoms with E-state index in [1.165, 1.54) is 18.4 Å². The number of rotatable bonds is 6. The van der Waals surface area contributed by atoms with Crippen molar-refractivity contribution in [3.63, 3.8) is 0 Å².